The van der Waals surface area contributed by atoms with E-state index >= 15 is 0 Å². The van der Waals surface area contributed by atoms with E-state index in [0.717, 1.165) is 23.1 Å². The lowest BCUT2D eigenvalue weighted by molar-refractivity contribution is -0.128. The highest BCUT2D eigenvalue weighted by Crippen LogP contribution is 2.40. The number of aryl methyl sites for hydroxylation is 1. The Labute approximate surface area is 213 Å². The van der Waals surface area contributed by atoms with Crippen molar-refractivity contribution >= 4 is 12.0 Å². The summed E-state index contributed by atoms with van der Waals surface area (Å²) in [5.74, 6) is 0.480. The van der Waals surface area contributed by atoms with Crippen molar-refractivity contribution in [1.82, 2.24) is 0 Å². The molecule has 0 fully saturated rings. The number of carbonyl (C=O) groups is 1. The number of phenols is 1. The second kappa shape index (κ2) is 13.0. The first-order valence-corrected chi connectivity index (χ1v) is 13.3. The minimum atomic E-state index is -0.410. The highest BCUT2D eigenvalue weighted by Gasteiger charge is 2.26. The third kappa shape index (κ3) is 9.55. The third-order valence-electron chi connectivity index (χ3n) is 6.37. The second-order valence-corrected chi connectivity index (χ2v) is 11.7. The van der Waals surface area contributed by atoms with Gasteiger partial charge in [-0.15, -0.1) is 0 Å². The second-order valence-electron chi connectivity index (χ2n) is 11.7. The van der Waals surface area contributed by atoms with Crippen molar-refractivity contribution in [3.05, 3.63) is 64.7 Å². The molecule has 3 heteroatoms. The molecule has 0 saturated heterocycles. The predicted molar refractivity (Wildman–Crippen MR) is 148 cm³/mol. The van der Waals surface area contributed by atoms with Crippen LogP contribution in [0.5, 0.6) is 11.5 Å². The van der Waals surface area contributed by atoms with Crippen molar-refractivity contribution < 1.29 is 14.6 Å². The third-order valence-corrected chi connectivity index (χ3v) is 6.37. The molecule has 0 spiro atoms. The summed E-state index contributed by atoms with van der Waals surface area (Å²) in [7, 11) is 0. The number of esters is 1. The van der Waals surface area contributed by atoms with Crippen LogP contribution in [0.2, 0.25) is 0 Å². The van der Waals surface area contributed by atoms with Gasteiger partial charge in [-0.25, -0.2) is 4.79 Å². The van der Waals surface area contributed by atoms with Crippen LogP contribution in [-0.2, 0) is 22.0 Å². The van der Waals surface area contributed by atoms with Crippen LogP contribution in [0.3, 0.4) is 0 Å². The van der Waals surface area contributed by atoms with E-state index in [-0.39, 0.29) is 10.8 Å². The van der Waals surface area contributed by atoms with Gasteiger partial charge in [0.05, 0.1) is 0 Å². The molecule has 0 aromatic heterocycles. The van der Waals surface area contributed by atoms with Crippen molar-refractivity contribution in [2.24, 2.45) is 0 Å². The fourth-order valence-electron chi connectivity index (χ4n) is 4.22. The van der Waals surface area contributed by atoms with Crippen LogP contribution in [0.4, 0.5) is 0 Å². The average molecular weight is 479 g/mol. The highest BCUT2D eigenvalue weighted by atomic mass is 16.5. The molecule has 0 saturated carbocycles. The molecule has 0 bridgehead atoms. The summed E-state index contributed by atoms with van der Waals surface area (Å²) in [4.78, 5) is 12.5. The molecule has 0 radical (unpaired) electrons. The normalized spacial score (nSPS) is 12.3. The molecule has 1 N–H and O–H groups in total. The van der Waals surface area contributed by atoms with E-state index in [2.05, 4.69) is 60.6 Å². The van der Waals surface area contributed by atoms with Crippen molar-refractivity contribution in [2.75, 3.05) is 0 Å². The van der Waals surface area contributed by atoms with Gasteiger partial charge in [0.25, 0.3) is 0 Å². The summed E-state index contributed by atoms with van der Waals surface area (Å²) >= 11 is 0. The fraction of sp³-hybridized carbons (Fsp3) is 0.531. The molecule has 2 rings (SSSR count). The van der Waals surface area contributed by atoms with E-state index in [1.165, 1.54) is 56.6 Å². The van der Waals surface area contributed by atoms with Gasteiger partial charge in [-0.1, -0.05) is 99.1 Å². The lowest BCUT2D eigenvalue weighted by Gasteiger charge is -2.27. The van der Waals surface area contributed by atoms with Crippen LogP contribution >= 0.6 is 0 Å². The molecule has 35 heavy (non-hydrogen) atoms. The largest absolute Gasteiger partial charge is 0.507 e. The summed E-state index contributed by atoms with van der Waals surface area (Å²) in [5.41, 5.74) is 3.46. The number of rotatable bonds is 11. The van der Waals surface area contributed by atoms with Crippen LogP contribution in [0.15, 0.2) is 42.5 Å². The van der Waals surface area contributed by atoms with E-state index < -0.39 is 5.97 Å². The number of benzene rings is 2. The molecular formula is C32H46O3. The molecule has 0 unspecified atom stereocenters. The van der Waals surface area contributed by atoms with Gasteiger partial charge in [0.2, 0.25) is 0 Å². The Morgan fingerprint density at radius 3 is 1.86 bits per heavy atom. The average Bonchev–Trinajstić information content (AvgIpc) is 2.77. The summed E-state index contributed by atoms with van der Waals surface area (Å²) in [6.07, 6.45) is 13.4. The van der Waals surface area contributed by atoms with E-state index in [1.54, 1.807) is 6.08 Å². The standard InChI is InChI=1S/C32H46O3/c1-8-9-10-11-12-13-14-15-24-16-19-26(20-17-24)35-29(33)21-18-25-22-27(31(2,3)4)30(34)28(23-25)32(5,6)7/h16-23,34H,8-15H2,1-7H3/b21-18+. The lowest BCUT2D eigenvalue weighted by atomic mass is 9.78. The molecule has 2 aromatic rings. The van der Waals surface area contributed by atoms with Gasteiger partial charge in [-0.3, -0.25) is 0 Å². The minimum absolute atomic E-state index is 0.217. The fourth-order valence-corrected chi connectivity index (χ4v) is 4.22. The smallest absolute Gasteiger partial charge is 0.336 e. The number of hydrogen-bond donors (Lipinski definition) is 1. The number of unbranched alkanes of at least 4 members (excludes halogenated alkanes) is 6. The number of hydrogen-bond acceptors (Lipinski definition) is 3. The van der Waals surface area contributed by atoms with Crippen molar-refractivity contribution in [3.8, 4) is 11.5 Å². The van der Waals surface area contributed by atoms with Gasteiger partial charge in [-0.2, -0.15) is 0 Å². The van der Waals surface area contributed by atoms with Gasteiger partial charge in [0, 0.05) is 17.2 Å². The maximum atomic E-state index is 12.5. The molecular weight excluding hydrogens is 432 g/mol. The van der Waals surface area contributed by atoms with E-state index in [4.69, 9.17) is 4.74 Å². The van der Waals surface area contributed by atoms with Gasteiger partial charge in [-0.05, 0) is 65.1 Å². The van der Waals surface area contributed by atoms with E-state index in [0.29, 0.717) is 11.5 Å². The number of ether oxygens (including phenoxy) is 1. The Bertz CT molecular complexity index is 934. The SMILES string of the molecule is CCCCCCCCCc1ccc(OC(=O)/C=C/c2cc(C(C)(C)C)c(O)c(C(C)(C)C)c2)cc1. The lowest BCUT2D eigenvalue weighted by Crippen LogP contribution is -2.17. The van der Waals surface area contributed by atoms with Crippen LogP contribution < -0.4 is 4.74 Å². The van der Waals surface area contributed by atoms with Crippen molar-refractivity contribution in [2.45, 2.75) is 111 Å². The first-order chi connectivity index (χ1) is 16.4. The first kappa shape index (κ1) is 28.7. The summed E-state index contributed by atoms with van der Waals surface area (Å²) in [5, 5.41) is 10.9. The molecule has 3 nitrogen and oxygen atoms in total. The molecule has 0 aliphatic carbocycles. The van der Waals surface area contributed by atoms with Crippen LogP contribution in [0.25, 0.3) is 6.08 Å². The van der Waals surface area contributed by atoms with E-state index in [9.17, 15) is 9.90 Å². The Morgan fingerprint density at radius 2 is 1.34 bits per heavy atom. The van der Waals surface area contributed by atoms with Crippen LogP contribution in [-0.4, -0.2) is 11.1 Å². The van der Waals surface area contributed by atoms with Crippen molar-refractivity contribution in [3.63, 3.8) is 0 Å². The summed E-state index contributed by atoms with van der Waals surface area (Å²) in [6, 6.07) is 11.7. The Hall–Kier alpha value is -2.55. The molecule has 2 aromatic carbocycles. The molecule has 192 valence electrons. The van der Waals surface area contributed by atoms with Gasteiger partial charge in [0.1, 0.15) is 11.5 Å². The first-order valence-electron chi connectivity index (χ1n) is 13.3. The zero-order valence-corrected chi connectivity index (χ0v) is 23.0. The zero-order valence-electron chi connectivity index (χ0n) is 23.0. The van der Waals surface area contributed by atoms with E-state index in [1.807, 2.05) is 24.3 Å². The highest BCUT2D eigenvalue weighted by molar-refractivity contribution is 5.88. The molecule has 0 atom stereocenters. The number of carbonyl (C=O) groups excluding carboxylic acids is 1. The molecule has 0 heterocycles. The maximum Gasteiger partial charge on any atom is 0.336 e. The molecule has 0 aliphatic rings. The van der Waals surface area contributed by atoms with Gasteiger partial charge >= 0.3 is 5.97 Å². The monoisotopic (exact) mass is 478 g/mol. The Morgan fingerprint density at radius 1 is 0.829 bits per heavy atom. The Kier molecular flexibility index (Phi) is 10.6. The van der Waals surface area contributed by atoms with Crippen molar-refractivity contribution in [1.29, 1.82) is 0 Å². The van der Waals surface area contributed by atoms with Gasteiger partial charge < -0.3 is 9.84 Å². The molecule has 0 amide bonds. The number of phenolic OH excluding ortho intramolecular Hbond substituents is 1. The van der Waals surface area contributed by atoms with Crippen LogP contribution in [0.1, 0.15) is 116 Å². The summed E-state index contributed by atoms with van der Waals surface area (Å²) in [6.45, 7) is 14.7. The topological polar surface area (TPSA) is 46.5 Å². The van der Waals surface area contributed by atoms with Crippen LogP contribution in [0, 0.1) is 0 Å². The minimum Gasteiger partial charge on any atom is -0.507 e. The maximum absolute atomic E-state index is 12.5. The zero-order chi connectivity index (χ0) is 26.1. The summed E-state index contributed by atoms with van der Waals surface area (Å²) < 4.78 is 5.52. The quantitative estimate of drug-likeness (QED) is 0.152. The molecule has 0 aliphatic heterocycles. The Balaban J connectivity index is 1.97. The number of aromatic hydroxyl groups is 1. The predicted octanol–water partition coefficient (Wildman–Crippen LogP) is 8.90. The van der Waals surface area contributed by atoms with Gasteiger partial charge in [0.15, 0.2) is 0 Å².